The summed E-state index contributed by atoms with van der Waals surface area (Å²) in [6.45, 7) is 5.12. The highest BCUT2D eigenvalue weighted by atomic mass is 32.1. The molecule has 1 unspecified atom stereocenters. The van der Waals surface area contributed by atoms with E-state index in [0.29, 0.717) is 12.5 Å². The van der Waals surface area contributed by atoms with Crippen molar-refractivity contribution >= 4 is 11.3 Å². The molecular weight excluding hydrogens is 228 g/mol. The second-order valence-corrected chi connectivity index (χ2v) is 5.08. The van der Waals surface area contributed by atoms with Crippen molar-refractivity contribution in [2.24, 2.45) is 0 Å². The van der Waals surface area contributed by atoms with Gasteiger partial charge in [0.15, 0.2) is 0 Å². The molecule has 1 aromatic heterocycles. The molecule has 0 fully saturated rings. The zero-order valence-electron chi connectivity index (χ0n) is 10.3. The monoisotopic (exact) mass is 246 g/mol. The molecule has 2 aromatic rings. The molecule has 1 aromatic carbocycles. The first kappa shape index (κ1) is 12.2. The Kier molecular flexibility index (Phi) is 4.21. The molecule has 1 nitrogen and oxygen atoms in total. The summed E-state index contributed by atoms with van der Waals surface area (Å²) in [4.78, 5) is 0. The number of hydrogen-bond donors (Lipinski definition) is 0. The van der Waals surface area contributed by atoms with E-state index in [1.54, 1.807) is 11.3 Å². The zero-order chi connectivity index (χ0) is 12.1. The van der Waals surface area contributed by atoms with E-state index in [4.69, 9.17) is 4.74 Å². The molecule has 0 aliphatic heterocycles. The molecule has 17 heavy (non-hydrogen) atoms. The molecule has 2 rings (SSSR count). The average molecular weight is 246 g/mol. The summed E-state index contributed by atoms with van der Waals surface area (Å²) in [6.07, 6.45) is 1.18. The van der Waals surface area contributed by atoms with Gasteiger partial charge in [-0.05, 0) is 52.4 Å². The summed E-state index contributed by atoms with van der Waals surface area (Å²) in [5, 5.41) is 4.19. The lowest BCUT2D eigenvalue weighted by Crippen LogP contribution is -1.95. The van der Waals surface area contributed by atoms with Crippen molar-refractivity contribution in [2.45, 2.75) is 32.8 Å². The van der Waals surface area contributed by atoms with Crippen LogP contribution in [-0.2, 0) is 6.61 Å². The second kappa shape index (κ2) is 5.87. The fourth-order valence-electron chi connectivity index (χ4n) is 1.67. The Morgan fingerprint density at radius 1 is 1.18 bits per heavy atom. The molecule has 0 amide bonds. The maximum Gasteiger partial charge on any atom is 0.119 e. The van der Waals surface area contributed by atoms with Gasteiger partial charge >= 0.3 is 0 Å². The summed E-state index contributed by atoms with van der Waals surface area (Å²) in [5.74, 6) is 1.57. The minimum absolute atomic E-state index is 0.626. The standard InChI is InChI=1S/C15H18OS/c1-3-12(2)14-4-6-15(7-5-14)16-10-13-8-9-17-11-13/h4-9,11-12H,3,10H2,1-2H3. The molecule has 0 saturated carbocycles. The predicted molar refractivity (Wildman–Crippen MR) is 73.8 cm³/mol. The number of benzene rings is 1. The van der Waals surface area contributed by atoms with E-state index >= 15 is 0 Å². The van der Waals surface area contributed by atoms with E-state index in [1.165, 1.54) is 17.5 Å². The van der Waals surface area contributed by atoms with Gasteiger partial charge in [-0.3, -0.25) is 0 Å². The molecule has 0 saturated heterocycles. The number of hydrogen-bond acceptors (Lipinski definition) is 2. The van der Waals surface area contributed by atoms with E-state index < -0.39 is 0 Å². The summed E-state index contributed by atoms with van der Waals surface area (Å²) in [7, 11) is 0. The fraction of sp³-hybridized carbons (Fsp3) is 0.333. The second-order valence-electron chi connectivity index (χ2n) is 4.30. The first-order chi connectivity index (χ1) is 8.29. The Morgan fingerprint density at radius 2 is 1.94 bits per heavy atom. The van der Waals surface area contributed by atoms with Crippen LogP contribution in [0.5, 0.6) is 5.75 Å². The SMILES string of the molecule is CCC(C)c1ccc(OCc2ccsc2)cc1. The highest BCUT2D eigenvalue weighted by Gasteiger charge is 2.02. The first-order valence-electron chi connectivity index (χ1n) is 6.03. The lowest BCUT2D eigenvalue weighted by molar-refractivity contribution is 0.306. The highest BCUT2D eigenvalue weighted by Crippen LogP contribution is 2.22. The van der Waals surface area contributed by atoms with Crippen LogP contribution < -0.4 is 4.74 Å². The van der Waals surface area contributed by atoms with E-state index in [9.17, 15) is 0 Å². The summed E-state index contributed by atoms with van der Waals surface area (Å²) in [6, 6.07) is 10.5. The normalized spacial score (nSPS) is 12.4. The smallest absolute Gasteiger partial charge is 0.119 e. The molecule has 0 radical (unpaired) electrons. The summed E-state index contributed by atoms with van der Waals surface area (Å²) in [5.41, 5.74) is 2.62. The third kappa shape index (κ3) is 3.34. The summed E-state index contributed by atoms with van der Waals surface area (Å²) >= 11 is 1.70. The minimum Gasteiger partial charge on any atom is -0.489 e. The van der Waals surface area contributed by atoms with Crippen LogP contribution in [0.4, 0.5) is 0 Å². The van der Waals surface area contributed by atoms with Crippen LogP contribution >= 0.6 is 11.3 Å². The van der Waals surface area contributed by atoms with Gasteiger partial charge in [0, 0.05) is 0 Å². The molecule has 2 heteroatoms. The molecule has 0 aliphatic carbocycles. The van der Waals surface area contributed by atoms with Crippen LogP contribution in [0.15, 0.2) is 41.1 Å². The van der Waals surface area contributed by atoms with Gasteiger partial charge in [-0.15, -0.1) is 0 Å². The maximum absolute atomic E-state index is 5.73. The van der Waals surface area contributed by atoms with E-state index in [0.717, 1.165) is 5.75 Å². The molecule has 0 aliphatic rings. The van der Waals surface area contributed by atoms with Crippen LogP contribution in [0.1, 0.15) is 37.3 Å². The van der Waals surface area contributed by atoms with Crippen molar-refractivity contribution in [2.75, 3.05) is 0 Å². The Balaban J connectivity index is 1.94. The Labute approximate surface area is 107 Å². The number of rotatable bonds is 5. The molecule has 90 valence electrons. The van der Waals surface area contributed by atoms with E-state index in [-0.39, 0.29) is 0 Å². The van der Waals surface area contributed by atoms with Gasteiger partial charge in [0.25, 0.3) is 0 Å². The third-order valence-corrected chi connectivity index (χ3v) is 3.78. The molecule has 0 spiro atoms. The average Bonchev–Trinajstić information content (AvgIpc) is 2.89. The number of thiophene rings is 1. The van der Waals surface area contributed by atoms with Gasteiger partial charge in [-0.25, -0.2) is 0 Å². The Hall–Kier alpha value is -1.28. The topological polar surface area (TPSA) is 9.23 Å². The zero-order valence-corrected chi connectivity index (χ0v) is 11.2. The fourth-order valence-corrected chi connectivity index (χ4v) is 2.32. The van der Waals surface area contributed by atoms with Crippen LogP contribution in [0.2, 0.25) is 0 Å². The molecule has 1 atom stereocenters. The predicted octanol–water partition coefficient (Wildman–Crippen LogP) is 4.84. The van der Waals surface area contributed by atoms with Gasteiger partial charge in [0.2, 0.25) is 0 Å². The van der Waals surface area contributed by atoms with E-state index in [1.807, 2.05) is 0 Å². The van der Waals surface area contributed by atoms with Crippen LogP contribution in [0, 0.1) is 0 Å². The van der Waals surface area contributed by atoms with Crippen molar-refractivity contribution in [1.29, 1.82) is 0 Å². The van der Waals surface area contributed by atoms with Gasteiger partial charge in [0.05, 0.1) is 0 Å². The van der Waals surface area contributed by atoms with Gasteiger partial charge < -0.3 is 4.74 Å². The molecule has 0 N–H and O–H groups in total. The Bertz CT molecular complexity index is 430. The van der Waals surface area contributed by atoms with Crippen LogP contribution in [-0.4, -0.2) is 0 Å². The lowest BCUT2D eigenvalue weighted by Gasteiger charge is -2.10. The van der Waals surface area contributed by atoms with Crippen LogP contribution in [0.25, 0.3) is 0 Å². The van der Waals surface area contributed by atoms with Crippen molar-refractivity contribution in [3.8, 4) is 5.75 Å². The van der Waals surface area contributed by atoms with Crippen molar-refractivity contribution in [3.63, 3.8) is 0 Å². The minimum atomic E-state index is 0.626. The Morgan fingerprint density at radius 3 is 2.53 bits per heavy atom. The van der Waals surface area contributed by atoms with Crippen molar-refractivity contribution in [3.05, 3.63) is 52.2 Å². The highest BCUT2D eigenvalue weighted by molar-refractivity contribution is 7.07. The van der Waals surface area contributed by atoms with Crippen LogP contribution in [0.3, 0.4) is 0 Å². The van der Waals surface area contributed by atoms with E-state index in [2.05, 4.69) is 54.9 Å². The molecule has 0 bridgehead atoms. The quantitative estimate of drug-likeness (QED) is 0.733. The van der Waals surface area contributed by atoms with Gasteiger partial charge in [-0.2, -0.15) is 11.3 Å². The largest absolute Gasteiger partial charge is 0.489 e. The maximum atomic E-state index is 5.73. The lowest BCUT2D eigenvalue weighted by atomic mass is 9.99. The first-order valence-corrected chi connectivity index (χ1v) is 6.97. The molecule has 1 heterocycles. The molecular formula is C15H18OS. The number of ether oxygens (including phenoxy) is 1. The van der Waals surface area contributed by atoms with Gasteiger partial charge in [-0.1, -0.05) is 26.0 Å². The third-order valence-electron chi connectivity index (χ3n) is 3.05. The van der Waals surface area contributed by atoms with Crippen molar-refractivity contribution in [1.82, 2.24) is 0 Å². The van der Waals surface area contributed by atoms with Gasteiger partial charge in [0.1, 0.15) is 12.4 Å². The van der Waals surface area contributed by atoms with Crippen molar-refractivity contribution < 1.29 is 4.74 Å². The summed E-state index contributed by atoms with van der Waals surface area (Å²) < 4.78 is 5.73.